The van der Waals surface area contributed by atoms with Gasteiger partial charge in [-0.1, -0.05) is 19.1 Å². The number of anilines is 2. The Bertz CT molecular complexity index is 1050. The second-order valence-corrected chi connectivity index (χ2v) is 7.92. The molecule has 3 heterocycles. The van der Waals surface area contributed by atoms with Crippen molar-refractivity contribution in [1.29, 1.82) is 0 Å². The molecule has 3 aromatic rings. The van der Waals surface area contributed by atoms with Crippen molar-refractivity contribution in [3.05, 3.63) is 59.4 Å². The minimum atomic E-state index is 0.0571. The van der Waals surface area contributed by atoms with Crippen LogP contribution in [0.5, 0.6) is 0 Å². The van der Waals surface area contributed by atoms with E-state index < -0.39 is 0 Å². The number of piperidine rings is 1. The summed E-state index contributed by atoms with van der Waals surface area (Å²) < 4.78 is 0. The van der Waals surface area contributed by atoms with E-state index >= 15 is 0 Å². The zero-order valence-electron chi connectivity index (χ0n) is 17.4. The van der Waals surface area contributed by atoms with Crippen molar-refractivity contribution in [2.45, 2.75) is 52.5 Å². The molecular formula is C24H28N4O. The molecule has 0 radical (unpaired) electrons. The molecule has 1 atom stereocenters. The van der Waals surface area contributed by atoms with Gasteiger partial charge in [-0.05, 0) is 69.4 Å². The normalized spacial score (nSPS) is 16.8. The van der Waals surface area contributed by atoms with Crippen molar-refractivity contribution < 1.29 is 4.79 Å². The molecule has 29 heavy (non-hydrogen) atoms. The fourth-order valence-electron chi connectivity index (χ4n) is 4.18. The maximum Gasteiger partial charge on any atom is 0.257 e. The minimum Gasteiger partial charge on any atom is -0.354 e. The van der Waals surface area contributed by atoms with Crippen LogP contribution in [-0.4, -0.2) is 33.4 Å². The van der Waals surface area contributed by atoms with Crippen molar-refractivity contribution in [2.24, 2.45) is 0 Å². The van der Waals surface area contributed by atoms with Gasteiger partial charge in [-0.25, -0.2) is 9.97 Å². The first-order valence-electron chi connectivity index (χ1n) is 10.5. The number of rotatable bonds is 4. The largest absolute Gasteiger partial charge is 0.354 e. The van der Waals surface area contributed by atoms with Crippen molar-refractivity contribution in [3.8, 4) is 0 Å². The van der Waals surface area contributed by atoms with Crippen LogP contribution in [0.4, 0.5) is 11.4 Å². The van der Waals surface area contributed by atoms with Gasteiger partial charge >= 0.3 is 0 Å². The molecule has 4 rings (SSSR count). The molecule has 5 heteroatoms. The van der Waals surface area contributed by atoms with Crippen LogP contribution >= 0.6 is 0 Å². The van der Waals surface area contributed by atoms with Gasteiger partial charge in [0.05, 0.1) is 11.3 Å². The number of aromatic nitrogens is 2. The van der Waals surface area contributed by atoms with Crippen LogP contribution in [0, 0.1) is 13.8 Å². The third-order valence-electron chi connectivity index (χ3n) is 5.75. The molecule has 1 unspecified atom stereocenters. The van der Waals surface area contributed by atoms with Crippen LogP contribution in [0.25, 0.3) is 11.0 Å². The van der Waals surface area contributed by atoms with Crippen LogP contribution in [0.1, 0.15) is 54.2 Å². The molecule has 1 saturated heterocycles. The monoisotopic (exact) mass is 388 g/mol. The number of carbonyl (C=O) groups is 1. The van der Waals surface area contributed by atoms with Gasteiger partial charge in [0.1, 0.15) is 0 Å². The molecule has 0 spiro atoms. The Hall–Kier alpha value is -2.95. The summed E-state index contributed by atoms with van der Waals surface area (Å²) in [5.74, 6) is 0.0571. The zero-order valence-corrected chi connectivity index (χ0v) is 17.4. The zero-order chi connectivity index (χ0) is 20.4. The van der Waals surface area contributed by atoms with Crippen LogP contribution in [0.2, 0.25) is 0 Å². The molecule has 1 aliphatic rings. The number of likely N-dealkylation sites (tertiary alicyclic amines) is 1. The average Bonchev–Trinajstić information content (AvgIpc) is 2.73. The number of hydrogen-bond acceptors (Lipinski definition) is 4. The van der Waals surface area contributed by atoms with Crippen molar-refractivity contribution in [2.75, 3.05) is 11.9 Å². The fourth-order valence-corrected chi connectivity index (χ4v) is 4.18. The molecule has 150 valence electrons. The number of nitrogens with one attached hydrogen (secondary N) is 1. The first-order valence-corrected chi connectivity index (χ1v) is 10.5. The highest BCUT2D eigenvalue weighted by Crippen LogP contribution is 2.31. The second kappa shape index (κ2) is 8.19. The lowest BCUT2D eigenvalue weighted by molar-refractivity contribution is 0.0609. The first-order chi connectivity index (χ1) is 14.1. The van der Waals surface area contributed by atoms with E-state index in [4.69, 9.17) is 0 Å². The molecule has 1 N–H and O–H groups in total. The van der Waals surface area contributed by atoms with Gasteiger partial charge in [-0.3, -0.25) is 4.79 Å². The summed E-state index contributed by atoms with van der Waals surface area (Å²) in [6.07, 6.45) is 6.00. The molecule has 1 amide bonds. The first kappa shape index (κ1) is 19.4. The number of carbonyl (C=O) groups excluding carboxylic acids is 1. The van der Waals surface area contributed by atoms with Gasteiger partial charge in [-0.15, -0.1) is 0 Å². The summed E-state index contributed by atoms with van der Waals surface area (Å²) in [6, 6.07) is 12.5. The molecule has 1 aromatic carbocycles. The van der Waals surface area contributed by atoms with E-state index in [0.717, 1.165) is 53.8 Å². The van der Waals surface area contributed by atoms with E-state index in [1.807, 2.05) is 36.1 Å². The molecule has 2 aromatic heterocycles. The van der Waals surface area contributed by atoms with Gasteiger partial charge in [0.15, 0.2) is 5.65 Å². The smallest absolute Gasteiger partial charge is 0.257 e. The molecule has 5 nitrogen and oxygen atoms in total. The summed E-state index contributed by atoms with van der Waals surface area (Å²) >= 11 is 0. The van der Waals surface area contributed by atoms with Gasteiger partial charge in [-0.2, -0.15) is 0 Å². The van der Waals surface area contributed by atoms with Crippen molar-refractivity contribution >= 4 is 28.3 Å². The number of hydrogen-bond donors (Lipinski definition) is 1. The van der Waals surface area contributed by atoms with Crippen LogP contribution in [0.3, 0.4) is 0 Å². The summed E-state index contributed by atoms with van der Waals surface area (Å²) in [6.45, 7) is 6.98. The predicted molar refractivity (Wildman–Crippen MR) is 118 cm³/mol. The van der Waals surface area contributed by atoms with Crippen LogP contribution < -0.4 is 5.32 Å². The quantitative estimate of drug-likeness (QED) is 0.650. The third-order valence-corrected chi connectivity index (χ3v) is 5.75. The summed E-state index contributed by atoms with van der Waals surface area (Å²) in [5.41, 5.74) is 5.09. The predicted octanol–water partition coefficient (Wildman–Crippen LogP) is 5.39. The number of benzene rings is 1. The number of aryl methyl sites for hydroxylation is 2. The highest BCUT2D eigenvalue weighted by Gasteiger charge is 2.28. The highest BCUT2D eigenvalue weighted by atomic mass is 16.2. The Labute approximate surface area is 172 Å². The molecule has 0 bridgehead atoms. The van der Waals surface area contributed by atoms with Crippen LogP contribution in [-0.2, 0) is 0 Å². The third kappa shape index (κ3) is 3.95. The Morgan fingerprint density at radius 3 is 2.86 bits per heavy atom. The standard InChI is InChI=1S/C24H28N4O/c1-4-19-10-5-6-13-28(19)24(29)21-15-25-23-20(12-11-17(3)26-23)22(21)27-18-9-7-8-16(2)14-18/h7-9,11-12,14-15,19H,4-6,10,13H2,1-3H3,(H,25,26,27). The van der Waals surface area contributed by atoms with Crippen molar-refractivity contribution in [1.82, 2.24) is 14.9 Å². The summed E-state index contributed by atoms with van der Waals surface area (Å²) in [4.78, 5) is 24.7. The topological polar surface area (TPSA) is 58.1 Å². The molecule has 1 fully saturated rings. The maximum atomic E-state index is 13.6. The van der Waals surface area contributed by atoms with E-state index in [9.17, 15) is 4.79 Å². The maximum absolute atomic E-state index is 13.6. The summed E-state index contributed by atoms with van der Waals surface area (Å²) in [5, 5.41) is 4.37. The Morgan fingerprint density at radius 1 is 1.21 bits per heavy atom. The Kier molecular flexibility index (Phi) is 5.47. The lowest BCUT2D eigenvalue weighted by Gasteiger charge is -2.35. The van der Waals surface area contributed by atoms with Gasteiger partial charge in [0.25, 0.3) is 5.91 Å². The SMILES string of the molecule is CCC1CCCCN1C(=O)c1cnc2nc(C)ccc2c1Nc1cccc(C)c1. The fraction of sp³-hybridized carbons (Fsp3) is 0.375. The molecule has 1 aliphatic heterocycles. The van der Waals surface area contributed by atoms with E-state index in [1.165, 1.54) is 6.42 Å². The molecular weight excluding hydrogens is 360 g/mol. The molecule has 0 aliphatic carbocycles. The second-order valence-electron chi connectivity index (χ2n) is 7.92. The lowest BCUT2D eigenvalue weighted by atomic mass is 9.98. The highest BCUT2D eigenvalue weighted by molar-refractivity contribution is 6.07. The number of amides is 1. The van der Waals surface area contributed by atoms with Gasteiger partial charge in [0.2, 0.25) is 0 Å². The number of pyridine rings is 2. The lowest BCUT2D eigenvalue weighted by Crippen LogP contribution is -2.43. The van der Waals surface area contributed by atoms with E-state index in [0.29, 0.717) is 17.3 Å². The van der Waals surface area contributed by atoms with Gasteiger partial charge in [0, 0.05) is 35.6 Å². The Balaban J connectivity index is 1.82. The summed E-state index contributed by atoms with van der Waals surface area (Å²) in [7, 11) is 0. The average molecular weight is 389 g/mol. The number of fused-ring (bicyclic) bond motifs is 1. The van der Waals surface area contributed by atoms with E-state index in [2.05, 4.69) is 41.3 Å². The number of nitrogens with zero attached hydrogens (tertiary/aromatic N) is 3. The minimum absolute atomic E-state index is 0.0571. The van der Waals surface area contributed by atoms with Crippen molar-refractivity contribution in [3.63, 3.8) is 0 Å². The van der Waals surface area contributed by atoms with E-state index in [1.54, 1.807) is 6.20 Å². The van der Waals surface area contributed by atoms with E-state index in [-0.39, 0.29) is 5.91 Å². The Morgan fingerprint density at radius 2 is 2.07 bits per heavy atom. The van der Waals surface area contributed by atoms with Gasteiger partial charge < -0.3 is 10.2 Å². The molecule has 0 saturated carbocycles. The van der Waals surface area contributed by atoms with Crippen LogP contribution in [0.15, 0.2) is 42.6 Å².